The van der Waals surface area contributed by atoms with E-state index in [-0.39, 0.29) is 6.42 Å². The zero-order valence-electron chi connectivity index (χ0n) is 11.5. The van der Waals surface area contributed by atoms with E-state index in [9.17, 15) is 13.2 Å². The van der Waals surface area contributed by atoms with Gasteiger partial charge in [-0.2, -0.15) is 13.2 Å². The summed E-state index contributed by atoms with van der Waals surface area (Å²) in [6.07, 6.45) is 1.27. The number of nitrogens with one attached hydrogen (secondary N) is 1. The van der Waals surface area contributed by atoms with Gasteiger partial charge in [0.05, 0.1) is 12.0 Å². The molecule has 1 saturated carbocycles. The Morgan fingerprint density at radius 2 is 2.00 bits per heavy atom. The molecule has 20 heavy (non-hydrogen) atoms. The number of hydrogen-bond donors (Lipinski definition) is 2. The number of pyridine rings is 1. The van der Waals surface area contributed by atoms with Crippen LogP contribution in [0, 0.1) is 18.8 Å². The van der Waals surface area contributed by atoms with Gasteiger partial charge in [-0.3, -0.25) is 16.3 Å². The Hall–Kier alpha value is -1.14. The third-order valence-electron chi connectivity index (χ3n) is 4.10. The summed E-state index contributed by atoms with van der Waals surface area (Å²) >= 11 is 0. The number of hydrazine groups is 1. The summed E-state index contributed by atoms with van der Waals surface area (Å²) in [5.41, 5.74) is 4.23. The molecule has 1 aromatic rings. The van der Waals surface area contributed by atoms with E-state index in [1.54, 1.807) is 12.4 Å². The molecule has 2 rings (SSSR count). The van der Waals surface area contributed by atoms with Crippen LogP contribution in [0.4, 0.5) is 13.2 Å². The first kappa shape index (κ1) is 15.3. The maximum Gasteiger partial charge on any atom is 0.392 e. The average Bonchev–Trinajstić information content (AvgIpc) is 2.39. The van der Waals surface area contributed by atoms with Gasteiger partial charge in [-0.15, -0.1) is 0 Å². The molecular weight excluding hydrogens is 267 g/mol. The van der Waals surface area contributed by atoms with Crippen molar-refractivity contribution in [3.8, 4) is 0 Å². The highest BCUT2D eigenvalue weighted by molar-refractivity contribution is 5.21. The topological polar surface area (TPSA) is 50.9 Å². The Morgan fingerprint density at radius 3 is 2.60 bits per heavy atom. The Balaban J connectivity index is 2.29. The normalized spacial score (nSPS) is 25.4. The van der Waals surface area contributed by atoms with Crippen LogP contribution >= 0.6 is 0 Å². The van der Waals surface area contributed by atoms with Gasteiger partial charge in [0.15, 0.2) is 0 Å². The van der Waals surface area contributed by atoms with Crippen LogP contribution in [-0.4, -0.2) is 11.2 Å². The number of aromatic nitrogens is 1. The van der Waals surface area contributed by atoms with Crippen LogP contribution in [-0.2, 0) is 0 Å². The first-order chi connectivity index (χ1) is 9.43. The largest absolute Gasteiger partial charge is 0.392 e. The number of rotatable bonds is 3. The molecular formula is C14H20F3N3. The third-order valence-corrected chi connectivity index (χ3v) is 4.10. The van der Waals surface area contributed by atoms with Gasteiger partial charge in [-0.05, 0) is 36.8 Å². The second-order valence-corrected chi connectivity index (χ2v) is 5.54. The Kier molecular flexibility index (Phi) is 4.65. The number of nitrogens with zero attached hydrogens (tertiary/aromatic N) is 1. The molecule has 1 aromatic heterocycles. The lowest BCUT2D eigenvalue weighted by molar-refractivity contribution is -0.199. The lowest BCUT2D eigenvalue weighted by Crippen LogP contribution is -2.43. The minimum Gasteiger partial charge on any atom is -0.271 e. The second kappa shape index (κ2) is 6.10. The minimum atomic E-state index is -4.17. The van der Waals surface area contributed by atoms with Crippen molar-refractivity contribution in [3.05, 3.63) is 29.6 Å². The SMILES string of the molecule is Cc1cncc(C(NN)C2CCCCC2C(F)(F)F)c1. The van der Waals surface area contributed by atoms with Crippen molar-refractivity contribution in [2.75, 3.05) is 0 Å². The van der Waals surface area contributed by atoms with E-state index < -0.39 is 24.1 Å². The lowest BCUT2D eigenvalue weighted by atomic mass is 9.73. The molecule has 0 bridgehead atoms. The molecule has 0 spiro atoms. The van der Waals surface area contributed by atoms with Crippen molar-refractivity contribution in [1.29, 1.82) is 0 Å². The maximum atomic E-state index is 13.2. The van der Waals surface area contributed by atoms with Crippen molar-refractivity contribution in [2.24, 2.45) is 17.7 Å². The minimum absolute atomic E-state index is 0.186. The zero-order chi connectivity index (χ0) is 14.8. The molecule has 112 valence electrons. The van der Waals surface area contributed by atoms with Gasteiger partial charge < -0.3 is 0 Å². The molecule has 1 heterocycles. The van der Waals surface area contributed by atoms with Crippen LogP contribution in [0.1, 0.15) is 42.9 Å². The molecule has 1 aliphatic rings. The molecule has 3 unspecified atom stereocenters. The first-order valence-corrected chi connectivity index (χ1v) is 6.88. The Labute approximate surface area is 116 Å². The van der Waals surface area contributed by atoms with E-state index in [1.165, 1.54) is 0 Å². The highest BCUT2D eigenvalue weighted by Gasteiger charge is 2.48. The smallest absolute Gasteiger partial charge is 0.271 e. The van der Waals surface area contributed by atoms with Crippen LogP contribution in [0.15, 0.2) is 18.5 Å². The van der Waals surface area contributed by atoms with Crippen LogP contribution in [0.3, 0.4) is 0 Å². The van der Waals surface area contributed by atoms with E-state index in [4.69, 9.17) is 5.84 Å². The van der Waals surface area contributed by atoms with Gasteiger partial charge in [0, 0.05) is 12.4 Å². The highest BCUT2D eigenvalue weighted by Crippen LogP contribution is 2.46. The van der Waals surface area contributed by atoms with Crippen LogP contribution < -0.4 is 11.3 Å². The van der Waals surface area contributed by atoms with Gasteiger partial charge >= 0.3 is 6.18 Å². The van der Waals surface area contributed by atoms with E-state index in [2.05, 4.69) is 10.4 Å². The van der Waals surface area contributed by atoms with Crippen molar-refractivity contribution in [2.45, 2.75) is 44.8 Å². The Bertz CT molecular complexity index is 448. The molecule has 0 aliphatic heterocycles. The van der Waals surface area contributed by atoms with E-state index in [0.717, 1.165) is 17.5 Å². The summed E-state index contributed by atoms with van der Waals surface area (Å²) in [6.45, 7) is 1.87. The molecule has 3 N–H and O–H groups in total. The first-order valence-electron chi connectivity index (χ1n) is 6.88. The van der Waals surface area contributed by atoms with Gasteiger partial charge in [0.1, 0.15) is 0 Å². The number of alkyl halides is 3. The summed E-state index contributed by atoms with van der Waals surface area (Å²) in [6, 6.07) is 1.34. The van der Waals surface area contributed by atoms with Crippen molar-refractivity contribution >= 4 is 0 Å². The fourth-order valence-electron chi connectivity index (χ4n) is 3.18. The molecule has 0 radical (unpaired) electrons. The van der Waals surface area contributed by atoms with E-state index in [0.29, 0.717) is 12.8 Å². The fraction of sp³-hybridized carbons (Fsp3) is 0.643. The molecule has 1 fully saturated rings. The monoisotopic (exact) mass is 287 g/mol. The molecule has 3 atom stereocenters. The fourth-order valence-corrected chi connectivity index (χ4v) is 3.18. The predicted molar refractivity (Wildman–Crippen MR) is 70.5 cm³/mol. The highest BCUT2D eigenvalue weighted by atomic mass is 19.4. The van der Waals surface area contributed by atoms with Crippen molar-refractivity contribution in [3.63, 3.8) is 0 Å². The molecule has 0 aromatic carbocycles. The number of hydrogen-bond acceptors (Lipinski definition) is 3. The third kappa shape index (κ3) is 3.30. The van der Waals surface area contributed by atoms with Crippen LogP contribution in [0.5, 0.6) is 0 Å². The van der Waals surface area contributed by atoms with Crippen LogP contribution in [0.25, 0.3) is 0 Å². The predicted octanol–water partition coefficient (Wildman–Crippen LogP) is 3.26. The van der Waals surface area contributed by atoms with E-state index >= 15 is 0 Å². The van der Waals surface area contributed by atoms with Crippen LogP contribution in [0.2, 0.25) is 0 Å². The molecule has 0 amide bonds. The average molecular weight is 287 g/mol. The number of aryl methyl sites for hydroxylation is 1. The number of halogens is 3. The maximum absolute atomic E-state index is 13.2. The standard InChI is InChI=1S/C14H20F3N3/c1-9-6-10(8-19-7-9)13(20-18)11-4-2-3-5-12(11)14(15,16)17/h6-8,11-13,20H,2-5,18H2,1H3. The Morgan fingerprint density at radius 1 is 1.30 bits per heavy atom. The van der Waals surface area contributed by atoms with Crippen molar-refractivity contribution < 1.29 is 13.2 Å². The van der Waals surface area contributed by atoms with Gasteiger partial charge in [-0.25, -0.2) is 0 Å². The molecule has 1 aliphatic carbocycles. The summed E-state index contributed by atoms with van der Waals surface area (Å²) in [5.74, 6) is 3.72. The molecule has 3 nitrogen and oxygen atoms in total. The zero-order valence-corrected chi connectivity index (χ0v) is 11.5. The van der Waals surface area contributed by atoms with Gasteiger partial charge in [0.2, 0.25) is 0 Å². The van der Waals surface area contributed by atoms with Crippen molar-refractivity contribution in [1.82, 2.24) is 10.4 Å². The summed E-state index contributed by atoms with van der Waals surface area (Å²) in [4.78, 5) is 4.06. The summed E-state index contributed by atoms with van der Waals surface area (Å²) in [7, 11) is 0. The molecule has 6 heteroatoms. The summed E-state index contributed by atoms with van der Waals surface area (Å²) in [5, 5.41) is 0. The van der Waals surface area contributed by atoms with Gasteiger partial charge in [-0.1, -0.05) is 18.9 Å². The quantitative estimate of drug-likeness (QED) is 0.662. The lowest BCUT2D eigenvalue weighted by Gasteiger charge is -2.38. The number of nitrogens with two attached hydrogens (primary N) is 1. The molecule has 0 saturated heterocycles. The second-order valence-electron chi connectivity index (χ2n) is 5.54. The summed E-state index contributed by atoms with van der Waals surface area (Å²) < 4.78 is 39.6. The van der Waals surface area contributed by atoms with Gasteiger partial charge in [0.25, 0.3) is 0 Å². The van der Waals surface area contributed by atoms with E-state index in [1.807, 2.05) is 13.0 Å².